The minimum absolute atomic E-state index is 0.0701. The number of hydrogen-bond donors (Lipinski definition) is 1. The maximum absolute atomic E-state index is 12.3. The molecule has 1 aliphatic rings. The van der Waals surface area contributed by atoms with E-state index in [1.54, 1.807) is 37.4 Å². The molecule has 0 aliphatic carbocycles. The van der Waals surface area contributed by atoms with Crippen LogP contribution in [0.1, 0.15) is 25.0 Å². The lowest BCUT2D eigenvalue weighted by atomic mass is 10.00. The van der Waals surface area contributed by atoms with Gasteiger partial charge in [0.2, 0.25) is 0 Å². The number of ether oxygens (including phenoxy) is 1. The van der Waals surface area contributed by atoms with Crippen molar-refractivity contribution in [1.29, 1.82) is 5.26 Å². The summed E-state index contributed by atoms with van der Waals surface area (Å²) in [4.78, 5) is 11.0. The highest BCUT2D eigenvalue weighted by Crippen LogP contribution is 2.35. The van der Waals surface area contributed by atoms with Crippen molar-refractivity contribution in [3.63, 3.8) is 0 Å². The van der Waals surface area contributed by atoms with Gasteiger partial charge in [-0.1, -0.05) is 6.08 Å². The zero-order chi connectivity index (χ0) is 15.8. The molecule has 0 unspecified atom stereocenters. The van der Waals surface area contributed by atoms with Gasteiger partial charge in [0.05, 0.1) is 11.3 Å². The first-order chi connectivity index (χ1) is 9.62. The van der Waals surface area contributed by atoms with E-state index in [0.29, 0.717) is 11.3 Å². The van der Waals surface area contributed by atoms with Crippen molar-refractivity contribution in [3.8, 4) is 11.8 Å². The summed E-state index contributed by atoms with van der Waals surface area (Å²) < 4.78 is 42.5. The van der Waals surface area contributed by atoms with Crippen molar-refractivity contribution in [2.75, 3.05) is 5.32 Å². The summed E-state index contributed by atoms with van der Waals surface area (Å²) in [5.74, 6) is -1.83. The largest absolute Gasteiger partial charge is 0.483 e. The summed E-state index contributed by atoms with van der Waals surface area (Å²) in [7, 11) is 0. The zero-order valence-electron chi connectivity index (χ0n) is 11.2. The summed E-state index contributed by atoms with van der Waals surface area (Å²) in [6, 6.07) is 4.34. The Kier molecular flexibility index (Phi) is 3.41. The molecular weight excluding hydrogens is 285 g/mol. The van der Waals surface area contributed by atoms with E-state index in [2.05, 4.69) is 0 Å². The summed E-state index contributed by atoms with van der Waals surface area (Å²) in [6.07, 6.45) is -1.54. The fourth-order valence-electron chi connectivity index (χ4n) is 1.81. The standard InChI is InChI=1S/C14H11F3N2O2/c1-13(2)4-3-8-5-9(7-18)10(6-11(8)21-13)19-12(20)14(15,16)17/h3-6H,1-2H3,(H,19,20). The van der Waals surface area contributed by atoms with Gasteiger partial charge in [-0.15, -0.1) is 0 Å². The fraction of sp³-hybridized carbons (Fsp3) is 0.286. The number of nitrogens with zero attached hydrogens (tertiary/aromatic N) is 1. The van der Waals surface area contributed by atoms with Gasteiger partial charge in [0.1, 0.15) is 17.4 Å². The van der Waals surface area contributed by atoms with Crippen molar-refractivity contribution >= 4 is 17.7 Å². The van der Waals surface area contributed by atoms with Crippen molar-refractivity contribution in [3.05, 3.63) is 29.3 Å². The van der Waals surface area contributed by atoms with Gasteiger partial charge in [0.25, 0.3) is 0 Å². The van der Waals surface area contributed by atoms with Crippen LogP contribution in [0.15, 0.2) is 18.2 Å². The molecule has 21 heavy (non-hydrogen) atoms. The SMILES string of the molecule is CC1(C)C=Cc2cc(C#N)c(NC(=O)C(F)(F)F)cc2O1. The molecule has 0 fully saturated rings. The van der Waals surface area contributed by atoms with Crippen molar-refractivity contribution in [1.82, 2.24) is 0 Å². The lowest BCUT2D eigenvalue weighted by Gasteiger charge is -2.28. The molecule has 4 nitrogen and oxygen atoms in total. The monoisotopic (exact) mass is 296 g/mol. The Balaban J connectivity index is 2.42. The van der Waals surface area contributed by atoms with E-state index in [4.69, 9.17) is 10.00 Å². The first-order valence-electron chi connectivity index (χ1n) is 5.97. The number of halogens is 3. The van der Waals surface area contributed by atoms with Crippen molar-refractivity contribution in [2.24, 2.45) is 0 Å². The number of rotatable bonds is 1. The Morgan fingerprint density at radius 2 is 2.05 bits per heavy atom. The molecule has 7 heteroatoms. The normalized spacial score (nSPS) is 15.6. The Hall–Kier alpha value is -2.49. The van der Waals surface area contributed by atoms with Crippen LogP contribution in [0, 0.1) is 11.3 Å². The number of nitriles is 1. The molecule has 0 spiro atoms. The van der Waals surface area contributed by atoms with Crippen LogP contribution in [0.5, 0.6) is 5.75 Å². The second kappa shape index (κ2) is 4.81. The Morgan fingerprint density at radius 1 is 1.38 bits per heavy atom. The van der Waals surface area contributed by atoms with Gasteiger partial charge < -0.3 is 10.1 Å². The van der Waals surface area contributed by atoms with Gasteiger partial charge >= 0.3 is 12.1 Å². The lowest BCUT2D eigenvalue weighted by Crippen LogP contribution is -2.31. The second-order valence-corrected chi connectivity index (χ2v) is 5.04. The Morgan fingerprint density at radius 3 is 2.62 bits per heavy atom. The van der Waals surface area contributed by atoms with Crippen LogP contribution in [0.25, 0.3) is 6.08 Å². The molecule has 0 radical (unpaired) electrons. The van der Waals surface area contributed by atoms with E-state index in [9.17, 15) is 18.0 Å². The first kappa shape index (κ1) is 14.9. The fourth-order valence-corrected chi connectivity index (χ4v) is 1.81. The van der Waals surface area contributed by atoms with E-state index < -0.39 is 17.7 Å². The van der Waals surface area contributed by atoms with Crippen LogP contribution in [-0.2, 0) is 4.79 Å². The van der Waals surface area contributed by atoms with Gasteiger partial charge in [0, 0.05) is 11.6 Å². The highest BCUT2D eigenvalue weighted by molar-refractivity contribution is 5.96. The quantitative estimate of drug-likeness (QED) is 0.865. The number of carbonyl (C=O) groups is 1. The molecular formula is C14H11F3N2O2. The highest BCUT2D eigenvalue weighted by Gasteiger charge is 2.39. The number of amides is 1. The summed E-state index contributed by atoms with van der Waals surface area (Å²) in [5.41, 5.74) is -0.355. The van der Waals surface area contributed by atoms with E-state index in [-0.39, 0.29) is 11.3 Å². The first-order valence-corrected chi connectivity index (χ1v) is 5.97. The molecule has 0 saturated carbocycles. The average Bonchev–Trinajstić information content (AvgIpc) is 2.35. The van der Waals surface area contributed by atoms with Crippen molar-refractivity contribution < 1.29 is 22.7 Å². The predicted octanol–water partition coefficient (Wildman–Crippen LogP) is 3.24. The molecule has 2 rings (SSSR count). The number of nitrogens with one attached hydrogen (secondary N) is 1. The number of carbonyl (C=O) groups excluding carboxylic acids is 1. The third kappa shape index (κ3) is 3.16. The molecule has 0 bridgehead atoms. The maximum Gasteiger partial charge on any atom is 0.471 e. The zero-order valence-corrected chi connectivity index (χ0v) is 11.2. The third-order valence-electron chi connectivity index (χ3n) is 2.81. The molecule has 1 aromatic rings. The molecule has 1 N–H and O–H groups in total. The molecule has 110 valence electrons. The van der Waals surface area contributed by atoms with Gasteiger partial charge in [-0.05, 0) is 26.0 Å². The van der Waals surface area contributed by atoms with Gasteiger partial charge in [-0.2, -0.15) is 18.4 Å². The number of benzene rings is 1. The van der Waals surface area contributed by atoms with E-state index in [1.165, 1.54) is 12.1 Å². The molecule has 1 heterocycles. The molecule has 1 amide bonds. The number of alkyl halides is 3. The van der Waals surface area contributed by atoms with Gasteiger partial charge in [-0.25, -0.2) is 0 Å². The summed E-state index contributed by atoms with van der Waals surface area (Å²) in [5, 5.41) is 10.7. The summed E-state index contributed by atoms with van der Waals surface area (Å²) in [6.45, 7) is 3.55. The van der Waals surface area contributed by atoms with Gasteiger partial charge in [-0.3, -0.25) is 4.79 Å². The topological polar surface area (TPSA) is 62.1 Å². The second-order valence-electron chi connectivity index (χ2n) is 5.04. The molecule has 0 atom stereocenters. The van der Waals surface area contributed by atoms with E-state index in [1.807, 2.05) is 0 Å². The lowest BCUT2D eigenvalue weighted by molar-refractivity contribution is -0.167. The Bertz CT molecular complexity index is 670. The van der Waals surface area contributed by atoms with Crippen LogP contribution in [0.4, 0.5) is 18.9 Å². The van der Waals surface area contributed by atoms with E-state index in [0.717, 1.165) is 0 Å². The number of hydrogen-bond acceptors (Lipinski definition) is 3. The van der Waals surface area contributed by atoms with Crippen LogP contribution in [0.2, 0.25) is 0 Å². The molecule has 0 aromatic heterocycles. The van der Waals surface area contributed by atoms with Gasteiger partial charge in [0.15, 0.2) is 0 Å². The van der Waals surface area contributed by atoms with Crippen LogP contribution < -0.4 is 10.1 Å². The van der Waals surface area contributed by atoms with Crippen LogP contribution >= 0.6 is 0 Å². The maximum atomic E-state index is 12.3. The molecule has 1 aliphatic heterocycles. The third-order valence-corrected chi connectivity index (χ3v) is 2.81. The molecule has 1 aromatic carbocycles. The van der Waals surface area contributed by atoms with E-state index >= 15 is 0 Å². The Labute approximate surface area is 118 Å². The van der Waals surface area contributed by atoms with Crippen molar-refractivity contribution in [2.45, 2.75) is 25.6 Å². The average molecular weight is 296 g/mol. The predicted molar refractivity (Wildman–Crippen MR) is 69.6 cm³/mol. The minimum atomic E-state index is -5.03. The number of fused-ring (bicyclic) bond motifs is 1. The summed E-state index contributed by atoms with van der Waals surface area (Å²) >= 11 is 0. The van der Waals surface area contributed by atoms with Crippen LogP contribution in [-0.4, -0.2) is 17.7 Å². The number of anilines is 1. The highest BCUT2D eigenvalue weighted by atomic mass is 19.4. The smallest absolute Gasteiger partial charge is 0.471 e. The molecule has 0 saturated heterocycles. The minimum Gasteiger partial charge on any atom is -0.483 e. The van der Waals surface area contributed by atoms with Crippen LogP contribution in [0.3, 0.4) is 0 Å².